The average molecular weight is 398 g/mol. The van der Waals surface area contributed by atoms with Crippen molar-refractivity contribution < 1.29 is 23.5 Å². The normalized spacial score (nSPS) is 14.0. The number of halogens is 1. The molecule has 7 heteroatoms. The third-order valence-corrected chi connectivity index (χ3v) is 4.65. The zero-order chi connectivity index (χ0) is 21.0. The van der Waals surface area contributed by atoms with Crippen LogP contribution in [0.25, 0.3) is 5.57 Å². The summed E-state index contributed by atoms with van der Waals surface area (Å²) >= 11 is 0. The van der Waals surface area contributed by atoms with Gasteiger partial charge in [-0.15, -0.1) is 0 Å². The molecular weight excluding hydrogens is 375 g/mol. The maximum atomic E-state index is 13.4. The first-order valence-corrected chi connectivity index (χ1v) is 9.23. The molecule has 0 spiro atoms. The average Bonchev–Trinajstić information content (AvgIpc) is 2.93. The first-order valence-electron chi connectivity index (χ1n) is 9.23. The fourth-order valence-electron chi connectivity index (χ4n) is 3.20. The number of methoxy groups -OCH3 is 2. The van der Waals surface area contributed by atoms with Gasteiger partial charge in [-0.1, -0.05) is 18.2 Å². The van der Waals surface area contributed by atoms with Gasteiger partial charge >= 0.3 is 0 Å². The van der Waals surface area contributed by atoms with Crippen molar-refractivity contribution in [1.29, 1.82) is 0 Å². The fourth-order valence-corrected chi connectivity index (χ4v) is 3.20. The van der Waals surface area contributed by atoms with E-state index in [0.717, 1.165) is 5.56 Å². The SMILES string of the molecule is COCCCN1C(=O)C(Nc2cc(C)ccc2OC)=C(c2ccc(F)cc2)C1=O. The van der Waals surface area contributed by atoms with E-state index in [1.54, 1.807) is 13.2 Å². The van der Waals surface area contributed by atoms with Crippen LogP contribution in [0.3, 0.4) is 0 Å². The number of ether oxygens (including phenoxy) is 2. The lowest BCUT2D eigenvalue weighted by molar-refractivity contribution is -0.136. The molecule has 0 radical (unpaired) electrons. The van der Waals surface area contributed by atoms with Gasteiger partial charge in [0.2, 0.25) is 0 Å². The second-order valence-corrected chi connectivity index (χ2v) is 6.69. The highest BCUT2D eigenvalue weighted by Crippen LogP contribution is 2.34. The number of anilines is 1. The zero-order valence-electron chi connectivity index (χ0n) is 16.6. The van der Waals surface area contributed by atoms with Gasteiger partial charge in [0.05, 0.1) is 18.4 Å². The van der Waals surface area contributed by atoms with Crippen LogP contribution >= 0.6 is 0 Å². The van der Waals surface area contributed by atoms with Gasteiger partial charge in [0.25, 0.3) is 11.8 Å². The molecule has 0 unspecified atom stereocenters. The lowest BCUT2D eigenvalue weighted by Crippen LogP contribution is -2.33. The molecule has 3 rings (SSSR count). The molecule has 2 aromatic rings. The van der Waals surface area contributed by atoms with E-state index in [9.17, 15) is 14.0 Å². The minimum atomic E-state index is -0.436. The van der Waals surface area contributed by atoms with Crippen LogP contribution in [0, 0.1) is 12.7 Å². The van der Waals surface area contributed by atoms with E-state index in [1.807, 2.05) is 19.1 Å². The summed E-state index contributed by atoms with van der Waals surface area (Å²) in [5, 5.41) is 3.08. The molecule has 0 atom stereocenters. The summed E-state index contributed by atoms with van der Waals surface area (Å²) in [6.07, 6.45) is 0.520. The number of amides is 2. The lowest BCUT2D eigenvalue weighted by atomic mass is 10.0. The number of nitrogens with one attached hydrogen (secondary N) is 1. The van der Waals surface area contributed by atoms with Crippen LogP contribution in [0.1, 0.15) is 17.5 Å². The van der Waals surface area contributed by atoms with Crippen molar-refractivity contribution in [2.75, 3.05) is 32.7 Å². The zero-order valence-corrected chi connectivity index (χ0v) is 16.6. The van der Waals surface area contributed by atoms with E-state index in [0.29, 0.717) is 30.0 Å². The molecular formula is C22H23FN2O4. The van der Waals surface area contributed by atoms with Crippen LogP contribution in [0.15, 0.2) is 48.2 Å². The summed E-state index contributed by atoms with van der Waals surface area (Å²) in [6, 6.07) is 11.0. The quantitative estimate of drug-likeness (QED) is 0.546. The lowest BCUT2D eigenvalue weighted by Gasteiger charge is -2.15. The summed E-state index contributed by atoms with van der Waals surface area (Å²) in [5.74, 6) is -0.738. The van der Waals surface area contributed by atoms with Crippen molar-refractivity contribution in [3.8, 4) is 5.75 Å². The largest absolute Gasteiger partial charge is 0.495 e. The van der Waals surface area contributed by atoms with Crippen LogP contribution in [0.4, 0.5) is 10.1 Å². The highest BCUT2D eigenvalue weighted by Gasteiger charge is 2.39. The van der Waals surface area contributed by atoms with Gasteiger partial charge in [-0.3, -0.25) is 14.5 Å². The molecule has 0 fully saturated rings. The summed E-state index contributed by atoms with van der Waals surface area (Å²) in [4.78, 5) is 27.3. The number of nitrogens with zero attached hydrogens (tertiary/aromatic N) is 1. The highest BCUT2D eigenvalue weighted by molar-refractivity contribution is 6.36. The van der Waals surface area contributed by atoms with Crippen LogP contribution in [-0.2, 0) is 14.3 Å². The molecule has 0 bridgehead atoms. The van der Waals surface area contributed by atoms with Crippen LogP contribution in [0.2, 0.25) is 0 Å². The number of imide groups is 1. The van der Waals surface area contributed by atoms with Gasteiger partial charge in [0.1, 0.15) is 17.3 Å². The first-order chi connectivity index (χ1) is 14.0. The molecule has 0 aliphatic carbocycles. The van der Waals surface area contributed by atoms with Crippen molar-refractivity contribution in [1.82, 2.24) is 4.90 Å². The summed E-state index contributed by atoms with van der Waals surface area (Å²) in [7, 11) is 3.09. The Morgan fingerprint density at radius 3 is 2.41 bits per heavy atom. The standard InChI is InChI=1S/C22H23FN2O4/c1-14-5-10-18(29-3)17(13-14)24-20-19(15-6-8-16(23)9-7-15)21(26)25(22(20)27)11-4-12-28-2/h5-10,13,24H,4,11-12H2,1-3H3. The van der Waals surface area contributed by atoms with Gasteiger partial charge < -0.3 is 14.8 Å². The Morgan fingerprint density at radius 1 is 1.03 bits per heavy atom. The smallest absolute Gasteiger partial charge is 0.278 e. The van der Waals surface area contributed by atoms with Gasteiger partial charge in [0.15, 0.2) is 0 Å². The Labute approximate surface area is 168 Å². The summed E-state index contributed by atoms with van der Waals surface area (Å²) in [6.45, 7) is 2.57. The summed E-state index contributed by atoms with van der Waals surface area (Å²) < 4.78 is 23.8. The molecule has 2 amide bonds. The molecule has 1 heterocycles. The second-order valence-electron chi connectivity index (χ2n) is 6.69. The predicted molar refractivity (Wildman–Crippen MR) is 108 cm³/mol. The fraction of sp³-hybridized carbons (Fsp3) is 0.273. The topological polar surface area (TPSA) is 67.9 Å². The van der Waals surface area contributed by atoms with Gasteiger partial charge in [-0.25, -0.2) is 4.39 Å². The van der Waals surface area contributed by atoms with E-state index >= 15 is 0 Å². The maximum absolute atomic E-state index is 13.4. The summed E-state index contributed by atoms with van der Waals surface area (Å²) in [5.41, 5.74) is 2.35. The Hall–Kier alpha value is -3.19. The highest BCUT2D eigenvalue weighted by atomic mass is 19.1. The number of carbonyl (C=O) groups is 2. The Kier molecular flexibility index (Phi) is 6.29. The minimum Gasteiger partial charge on any atom is -0.495 e. The van der Waals surface area contributed by atoms with Crippen molar-refractivity contribution in [3.05, 3.63) is 65.1 Å². The molecule has 0 aromatic heterocycles. The van der Waals surface area contributed by atoms with E-state index in [-0.39, 0.29) is 17.8 Å². The molecule has 6 nitrogen and oxygen atoms in total. The molecule has 152 valence electrons. The number of benzene rings is 2. The van der Waals surface area contributed by atoms with Crippen molar-refractivity contribution in [2.45, 2.75) is 13.3 Å². The monoisotopic (exact) mass is 398 g/mol. The Balaban J connectivity index is 2.04. The van der Waals surface area contributed by atoms with Crippen LogP contribution in [-0.4, -0.2) is 44.1 Å². The first kappa shape index (κ1) is 20.5. The molecule has 1 N–H and O–H groups in total. The number of rotatable bonds is 8. The van der Waals surface area contributed by atoms with Crippen LogP contribution < -0.4 is 10.1 Å². The number of hydrogen-bond donors (Lipinski definition) is 1. The van der Waals surface area contributed by atoms with E-state index in [4.69, 9.17) is 9.47 Å². The maximum Gasteiger partial charge on any atom is 0.278 e. The molecule has 0 saturated carbocycles. The van der Waals surface area contributed by atoms with Crippen molar-refractivity contribution in [3.63, 3.8) is 0 Å². The van der Waals surface area contributed by atoms with Crippen LogP contribution in [0.5, 0.6) is 5.75 Å². The molecule has 1 aliphatic rings. The second kappa shape index (κ2) is 8.87. The molecule has 1 aliphatic heterocycles. The third kappa shape index (κ3) is 4.30. The number of hydrogen-bond acceptors (Lipinski definition) is 5. The van der Waals surface area contributed by atoms with Crippen molar-refractivity contribution in [2.24, 2.45) is 0 Å². The predicted octanol–water partition coefficient (Wildman–Crippen LogP) is 3.37. The van der Waals surface area contributed by atoms with Gasteiger partial charge in [0, 0.05) is 20.3 Å². The Bertz CT molecular complexity index is 954. The molecule has 0 saturated heterocycles. The number of aryl methyl sites for hydroxylation is 1. The Morgan fingerprint density at radius 2 is 1.76 bits per heavy atom. The molecule has 2 aromatic carbocycles. The van der Waals surface area contributed by atoms with E-state index in [2.05, 4.69) is 5.32 Å². The number of carbonyl (C=O) groups excluding carboxylic acids is 2. The minimum absolute atomic E-state index is 0.142. The van der Waals surface area contributed by atoms with E-state index < -0.39 is 17.6 Å². The van der Waals surface area contributed by atoms with E-state index in [1.165, 1.54) is 36.3 Å². The third-order valence-electron chi connectivity index (χ3n) is 4.65. The van der Waals surface area contributed by atoms with Gasteiger partial charge in [-0.05, 0) is 48.7 Å². The van der Waals surface area contributed by atoms with Crippen molar-refractivity contribution >= 4 is 23.1 Å². The molecule has 29 heavy (non-hydrogen) atoms. The van der Waals surface area contributed by atoms with Gasteiger partial charge in [-0.2, -0.15) is 0 Å².